The molecule has 2 N–H and O–H groups in total. The predicted molar refractivity (Wildman–Crippen MR) is 128 cm³/mol. The number of aromatic nitrogens is 2. The summed E-state index contributed by atoms with van der Waals surface area (Å²) in [5, 5.41) is 7.49. The van der Waals surface area contributed by atoms with Gasteiger partial charge < -0.3 is 34.6 Å². The molecule has 4 rings (SSSR count). The van der Waals surface area contributed by atoms with E-state index in [1.807, 2.05) is 37.8 Å². The average molecular weight is 459 g/mol. The molecule has 2 aliphatic heterocycles. The highest BCUT2D eigenvalue weighted by Gasteiger charge is 2.35. The molecule has 2 fully saturated rings. The third kappa shape index (κ3) is 5.06. The Labute approximate surface area is 194 Å². The van der Waals surface area contributed by atoms with Gasteiger partial charge in [0.1, 0.15) is 17.5 Å². The van der Waals surface area contributed by atoms with Crippen molar-refractivity contribution in [3.8, 4) is 11.5 Å². The van der Waals surface area contributed by atoms with Gasteiger partial charge in [-0.25, -0.2) is 9.78 Å². The molecular weight excluding hydrogens is 424 g/mol. The first kappa shape index (κ1) is 23.3. The minimum Gasteiger partial charge on any atom is -0.493 e. The number of methoxy groups -OCH3 is 2. The number of benzene rings is 1. The van der Waals surface area contributed by atoms with Gasteiger partial charge in [-0.2, -0.15) is 4.98 Å². The summed E-state index contributed by atoms with van der Waals surface area (Å²) >= 11 is 0. The van der Waals surface area contributed by atoms with E-state index < -0.39 is 11.6 Å². The molecule has 0 amide bonds. The largest absolute Gasteiger partial charge is 0.493 e. The van der Waals surface area contributed by atoms with Crippen molar-refractivity contribution in [2.75, 3.05) is 69.8 Å². The third-order valence-electron chi connectivity index (χ3n) is 5.76. The Balaban J connectivity index is 1.84. The second-order valence-electron chi connectivity index (χ2n) is 9.26. The van der Waals surface area contributed by atoms with Crippen LogP contribution in [0.2, 0.25) is 0 Å². The van der Waals surface area contributed by atoms with Crippen LogP contribution in [0.15, 0.2) is 12.1 Å². The van der Waals surface area contributed by atoms with Crippen molar-refractivity contribution in [2.24, 2.45) is 0 Å². The van der Waals surface area contributed by atoms with Gasteiger partial charge in [-0.1, -0.05) is 0 Å². The molecule has 180 valence electrons. The molecule has 1 atom stereocenters. The third-order valence-corrected chi connectivity index (χ3v) is 5.76. The number of rotatable bonds is 5. The maximum absolute atomic E-state index is 13.1. The van der Waals surface area contributed by atoms with Crippen molar-refractivity contribution < 1.29 is 19.0 Å². The molecule has 0 radical (unpaired) electrons. The topological polar surface area (TPSA) is 101 Å². The van der Waals surface area contributed by atoms with Crippen molar-refractivity contribution in [2.45, 2.75) is 32.4 Å². The molecule has 3 heterocycles. The van der Waals surface area contributed by atoms with E-state index >= 15 is 0 Å². The predicted octanol–water partition coefficient (Wildman–Crippen LogP) is 1.18. The second-order valence-corrected chi connectivity index (χ2v) is 9.26. The molecule has 1 aromatic carbocycles. The minimum atomic E-state index is -0.573. The fourth-order valence-electron chi connectivity index (χ4n) is 4.19. The van der Waals surface area contributed by atoms with E-state index in [0.717, 1.165) is 43.6 Å². The van der Waals surface area contributed by atoms with Gasteiger partial charge >= 0.3 is 5.97 Å². The number of nitrogens with zero attached hydrogens (tertiary/aromatic N) is 4. The van der Waals surface area contributed by atoms with Crippen LogP contribution < -0.4 is 29.9 Å². The first-order valence-corrected chi connectivity index (χ1v) is 11.4. The second kappa shape index (κ2) is 9.56. The Morgan fingerprint density at radius 3 is 2.33 bits per heavy atom. The summed E-state index contributed by atoms with van der Waals surface area (Å²) in [4.78, 5) is 27.2. The van der Waals surface area contributed by atoms with Crippen LogP contribution in [0, 0.1) is 0 Å². The highest BCUT2D eigenvalue weighted by atomic mass is 16.6. The van der Waals surface area contributed by atoms with E-state index in [0.29, 0.717) is 36.4 Å². The normalized spacial score (nSPS) is 19.5. The number of piperazine rings is 2. The van der Waals surface area contributed by atoms with E-state index in [2.05, 4.69) is 15.5 Å². The lowest BCUT2D eigenvalue weighted by Crippen LogP contribution is -2.57. The monoisotopic (exact) mass is 458 g/mol. The lowest BCUT2D eigenvalue weighted by atomic mass is 10.1. The molecule has 10 heteroatoms. The van der Waals surface area contributed by atoms with E-state index in [1.165, 1.54) is 0 Å². The molecule has 0 saturated carbocycles. The number of carbonyl (C=O) groups is 1. The number of nitrogens with one attached hydrogen (secondary N) is 2. The van der Waals surface area contributed by atoms with Gasteiger partial charge in [0.05, 0.1) is 19.7 Å². The number of ether oxygens (including phenoxy) is 3. The minimum absolute atomic E-state index is 0.273. The van der Waals surface area contributed by atoms with E-state index in [4.69, 9.17) is 24.2 Å². The molecule has 0 aliphatic carbocycles. The summed E-state index contributed by atoms with van der Waals surface area (Å²) < 4.78 is 16.8. The molecule has 0 bridgehead atoms. The van der Waals surface area contributed by atoms with Crippen molar-refractivity contribution in [1.82, 2.24) is 20.6 Å². The summed E-state index contributed by atoms with van der Waals surface area (Å²) in [7, 11) is 3.21. The Morgan fingerprint density at radius 2 is 1.67 bits per heavy atom. The summed E-state index contributed by atoms with van der Waals surface area (Å²) in [6.07, 6.45) is 0. The Kier molecular flexibility index (Phi) is 6.76. The number of anilines is 2. The molecule has 0 spiro atoms. The molecule has 33 heavy (non-hydrogen) atoms. The van der Waals surface area contributed by atoms with Gasteiger partial charge in [0, 0.05) is 57.3 Å². The molecule has 2 saturated heterocycles. The number of esters is 1. The summed E-state index contributed by atoms with van der Waals surface area (Å²) in [5.41, 5.74) is 0.170. The van der Waals surface area contributed by atoms with Crippen LogP contribution in [-0.4, -0.2) is 87.6 Å². The van der Waals surface area contributed by atoms with E-state index in [-0.39, 0.29) is 5.97 Å². The van der Waals surface area contributed by atoms with Gasteiger partial charge in [0.2, 0.25) is 5.95 Å². The zero-order chi connectivity index (χ0) is 23.6. The zero-order valence-corrected chi connectivity index (χ0v) is 20.1. The van der Waals surface area contributed by atoms with Gasteiger partial charge in [-0.3, -0.25) is 0 Å². The van der Waals surface area contributed by atoms with Crippen LogP contribution in [0.5, 0.6) is 11.5 Å². The lowest BCUT2D eigenvalue weighted by Gasteiger charge is -2.38. The van der Waals surface area contributed by atoms with Crippen LogP contribution in [0.4, 0.5) is 11.8 Å². The molecule has 2 aromatic rings. The molecule has 2 aliphatic rings. The summed E-state index contributed by atoms with van der Waals surface area (Å²) in [5.74, 6) is 2.27. The van der Waals surface area contributed by atoms with Crippen molar-refractivity contribution >= 4 is 28.6 Å². The zero-order valence-electron chi connectivity index (χ0n) is 20.1. The van der Waals surface area contributed by atoms with Crippen LogP contribution in [0.25, 0.3) is 10.9 Å². The van der Waals surface area contributed by atoms with Gasteiger partial charge in [-0.15, -0.1) is 0 Å². The van der Waals surface area contributed by atoms with E-state index in [9.17, 15) is 4.79 Å². The SMILES string of the molecule is COc1cc2nc(N3CCNCC3)nc(N3CCNCC3C(=O)OC(C)(C)C)c2cc1OC. The Hall–Kier alpha value is -2.85. The van der Waals surface area contributed by atoms with Crippen molar-refractivity contribution in [1.29, 1.82) is 0 Å². The number of carbonyl (C=O) groups excluding carboxylic acids is 1. The first-order chi connectivity index (χ1) is 15.8. The Morgan fingerprint density at radius 1 is 1.00 bits per heavy atom. The highest BCUT2D eigenvalue weighted by molar-refractivity contribution is 5.95. The molecule has 1 unspecified atom stereocenters. The fourth-order valence-corrected chi connectivity index (χ4v) is 4.19. The summed E-state index contributed by atoms with van der Waals surface area (Å²) in [6, 6.07) is 3.26. The van der Waals surface area contributed by atoms with E-state index in [1.54, 1.807) is 14.2 Å². The van der Waals surface area contributed by atoms with Crippen LogP contribution in [0.3, 0.4) is 0 Å². The fraction of sp³-hybridized carbons (Fsp3) is 0.609. The quantitative estimate of drug-likeness (QED) is 0.635. The Bertz CT molecular complexity index is 1000. The smallest absolute Gasteiger partial charge is 0.330 e. The highest BCUT2D eigenvalue weighted by Crippen LogP contribution is 2.37. The average Bonchev–Trinajstić information content (AvgIpc) is 2.81. The van der Waals surface area contributed by atoms with Crippen LogP contribution in [0.1, 0.15) is 20.8 Å². The van der Waals surface area contributed by atoms with Gasteiger partial charge in [-0.05, 0) is 26.8 Å². The standard InChI is InChI=1S/C23H34N6O4/c1-23(2,3)33-21(30)17-14-25-8-11-29(17)20-15-12-18(31-4)19(32-5)13-16(15)26-22(27-20)28-9-6-24-7-10-28/h12-13,17,24-25H,6-11,14H2,1-5H3. The van der Waals surface area contributed by atoms with Gasteiger partial charge in [0.25, 0.3) is 0 Å². The number of fused-ring (bicyclic) bond motifs is 1. The first-order valence-electron chi connectivity index (χ1n) is 11.4. The molecule has 1 aromatic heterocycles. The lowest BCUT2D eigenvalue weighted by molar-refractivity contribution is -0.156. The number of hydrogen-bond donors (Lipinski definition) is 2. The molecule has 10 nitrogen and oxygen atoms in total. The molecular formula is C23H34N6O4. The summed E-state index contributed by atoms with van der Waals surface area (Å²) in [6.45, 7) is 10.9. The van der Waals surface area contributed by atoms with Gasteiger partial charge in [0.15, 0.2) is 11.5 Å². The number of hydrogen-bond acceptors (Lipinski definition) is 10. The van der Waals surface area contributed by atoms with Crippen LogP contribution in [-0.2, 0) is 9.53 Å². The van der Waals surface area contributed by atoms with Crippen molar-refractivity contribution in [3.05, 3.63) is 12.1 Å². The maximum atomic E-state index is 13.1. The van der Waals surface area contributed by atoms with Crippen molar-refractivity contribution in [3.63, 3.8) is 0 Å². The maximum Gasteiger partial charge on any atom is 0.330 e. The van der Waals surface area contributed by atoms with Crippen LogP contribution >= 0.6 is 0 Å².